The molecule has 10 heteroatoms. The second-order valence-electron chi connectivity index (χ2n) is 6.58. The van der Waals surface area contributed by atoms with Crippen LogP contribution in [-0.2, 0) is 4.79 Å². The molecular weight excluding hydrogens is 429 g/mol. The van der Waals surface area contributed by atoms with Gasteiger partial charge < -0.3 is 10.4 Å². The molecule has 2 aromatic carbocycles. The zero-order chi connectivity index (χ0) is 22.9. The van der Waals surface area contributed by atoms with Crippen LogP contribution in [0.4, 0.5) is 14.9 Å². The van der Waals surface area contributed by atoms with Gasteiger partial charge in [-0.3, -0.25) is 19.7 Å². The Hall–Kier alpha value is -3.72. The number of nitrogens with zero attached hydrogens (tertiary/aromatic N) is 1. The molecule has 0 spiro atoms. The number of carbonyl (C=O) groups is 4. The monoisotopic (exact) mass is 445 g/mol. The molecule has 0 aliphatic rings. The first kappa shape index (κ1) is 22.0. The Labute approximate surface area is 180 Å². The number of rotatable bonds is 4. The van der Waals surface area contributed by atoms with Gasteiger partial charge >= 0.3 is 6.03 Å². The fourth-order valence-corrected chi connectivity index (χ4v) is 3.15. The van der Waals surface area contributed by atoms with Crippen LogP contribution in [-0.4, -0.2) is 33.3 Å². The molecule has 0 atom stereocenters. The van der Waals surface area contributed by atoms with Crippen LogP contribution in [0.1, 0.15) is 41.0 Å². The average Bonchev–Trinajstić information content (AvgIpc) is 3.02. The van der Waals surface area contributed by atoms with E-state index in [2.05, 4.69) is 10.6 Å². The Morgan fingerprint density at radius 3 is 2.52 bits per heavy atom. The van der Waals surface area contributed by atoms with Gasteiger partial charge in [0, 0.05) is 17.4 Å². The lowest BCUT2D eigenvalue weighted by molar-refractivity contribution is -0.119. The molecule has 0 bridgehead atoms. The second kappa shape index (κ2) is 8.57. The smallest absolute Gasteiger partial charge is 0.335 e. The number of benzene rings is 2. The number of aromatic nitrogens is 1. The van der Waals surface area contributed by atoms with Crippen molar-refractivity contribution in [2.75, 3.05) is 5.32 Å². The van der Waals surface area contributed by atoms with Gasteiger partial charge in [-0.1, -0.05) is 24.6 Å². The van der Waals surface area contributed by atoms with Crippen molar-refractivity contribution in [1.82, 2.24) is 9.88 Å². The predicted octanol–water partition coefficient (Wildman–Crippen LogP) is 4.09. The van der Waals surface area contributed by atoms with Crippen molar-refractivity contribution in [3.8, 4) is 5.88 Å². The van der Waals surface area contributed by atoms with Gasteiger partial charge in [-0.05, 0) is 37.3 Å². The quantitative estimate of drug-likeness (QED) is 0.523. The summed E-state index contributed by atoms with van der Waals surface area (Å²) in [7, 11) is 0. The molecule has 31 heavy (non-hydrogen) atoms. The Kier molecular flexibility index (Phi) is 6.07. The summed E-state index contributed by atoms with van der Waals surface area (Å²) in [6, 6.07) is 7.09. The van der Waals surface area contributed by atoms with Crippen LogP contribution in [0.3, 0.4) is 0 Å². The normalized spacial score (nSPS) is 10.7. The summed E-state index contributed by atoms with van der Waals surface area (Å²) in [6.45, 7) is 2.85. The van der Waals surface area contributed by atoms with Gasteiger partial charge in [0.1, 0.15) is 5.56 Å². The maximum Gasteiger partial charge on any atom is 0.335 e. The number of hydrogen-bond donors (Lipinski definition) is 3. The highest BCUT2D eigenvalue weighted by Gasteiger charge is 2.27. The molecule has 0 saturated heterocycles. The molecule has 0 aliphatic carbocycles. The van der Waals surface area contributed by atoms with E-state index in [4.69, 9.17) is 11.6 Å². The number of Topliss-reactive ketones (excluding diaryl/α,β-unsaturated/α-hetero) is 1. The molecule has 3 N–H and O–H groups in total. The summed E-state index contributed by atoms with van der Waals surface area (Å²) in [6.07, 6.45) is 0.0155. The highest BCUT2D eigenvalue weighted by atomic mass is 35.5. The average molecular weight is 446 g/mol. The number of aromatic hydroxyl groups is 1. The third-order valence-corrected chi connectivity index (χ3v) is 4.84. The lowest BCUT2D eigenvalue weighted by Crippen LogP contribution is -2.33. The van der Waals surface area contributed by atoms with Gasteiger partial charge in [-0.25, -0.2) is 13.8 Å². The first-order valence-electron chi connectivity index (χ1n) is 9.13. The summed E-state index contributed by atoms with van der Waals surface area (Å²) in [5.74, 6) is -3.52. The summed E-state index contributed by atoms with van der Waals surface area (Å²) in [5.41, 5.74) is -0.332. The number of carbonyl (C=O) groups excluding carboxylic acids is 4. The van der Waals surface area contributed by atoms with Crippen LogP contribution in [0.15, 0.2) is 36.4 Å². The minimum Gasteiger partial charge on any atom is -0.494 e. The van der Waals surface area contributed by atoms with E-state index in [1.165, 1.54) is 50.2 Å². The third kappa shape index (κ3) is 4.13. The fourth-order valence-electron chi connectivity index (χ4n) is 2.97. The zero-order valence-electron chi connectivity index (χ0n) is 16.5. The summed E-state index contributed by atoms with van der Waals surface area (Å²) in [4.78, 5) is 48.9. The summed E-state index contributed by atoms with van der Waals surface area (Å²) < 4.78 is 14.9. The lowest BCUT2D eigenvalue weighted by Gasteiger charge is -2.08. The van der Waals surface area contributed by atoms with Crippen LogP contribution in [0, 0.1) is 5.82 Å². The first-order chi connectivity index (χ1) is 14.6. The van der Waals surface area contributed by atoms with Crippen LogP contribution >= 0.6 is 11.6 Å². The predicted molar refractivity (Wildman–Crippen MR) is 112 cm³/mol. The number of amides is 3. The van der Waals surface area contributed by atoms with Crippen molar-refractivity contribution in [3.05, 3.63) is 58.4 Å². The molecule has 0 unspecified atom stereocenters. The molecule has 160 valence electrons. The minimum absolute atomic E-state index is 0.0155. The highest BCUT2D eigenvalue weighted by molar-refractivity contribution is 6.31. The van der Waals surface area contributed by atoms with Gasteiger partial charge in [-0.15, -0.1) is 0 Å². The maximum absolute atomic E-state index is 14.2. The number of imide groups is 1. The number of halogens is 2. The molecule has 1 heterocycles. The molecule has 0 saturated carbocycles. The fraction of sp³-hybridized carbons (Fsp3) is 0.143. The summed E-state index contributed by atoms with van der Waals surface area (Å²) in [5, 5.41) is 14.9. The van der Waals surface area contributed by atoms with Crippen molar-refractivity contribution in [2.45, 2.75) is 20.3 Å². The molecule has 3 rings (SSSR count). The van der Waals surface area contributed by atoms with E-state index >= 15 is 0 Å². The molecule has 0 aliphatic heterocycles. The van der Waals surface area contributed by atoms with Crippen molar-refractivity contribution < 1.29 is 28.7 Å². The van der Waals surface area contributed by atoms with E-state index in [-0.39, 0.29) is 44.9 Å². The molecule has 8 nitrogen and oxygen atoms in total. The molecule has 3 aromatic rings. The van der Waals surface area contributed by atoms with Gasteiger partial charge in [0.25, 0.3) is 5.91 Å². The first-order valence-corrected chi connectivity index (χ1v) is 9.51. The Balaban J connectivity index is 2.17. The SMILES string of the molecule is CCC(=O)NC(=O)n1c(O)c(C(=O)Nc2cccc(Cl)c2F)c2cc(C(C)=O)ccc21. The number of fused-ring (bicyclic) bond motifs is 1. The van der Waals surface area contributed by atoms with E-state index in [1.807, 2.05) is 0 Å². The maximum atomic E-state index is 14.2. The molecule has 0 radical (unpaired) electrons. The second-order valence-corrected chi connectivity index (χ2v) is 6.99. The Morgan fingerprint density at radius 1 is 1.16 bits per heavy atom. The van der Waals surface area contributed by atoms with Gasteiger partial charge in [0.05, 0.1) is 16.2 Å². The minimum atomic E-state index is -0.988. The van der Waals surface area contributed by atoms with Crippen molar-refractivity contribution in [2.24, 2.45) is 0 Å². The van der Waals surface area contributed by atoms with E-state index in [9.17, 15) is 28.7 Å². The molecular formula is C21H17ClFN3O5. The van der Waals surface area contributed by atoms with Crippen molar-refractivity contribution in [1.29, 1.82) is 0 Å². The van der Waals surface area contributed by atoms with Gasteiger partial charge in [0.2, 0.25) is 11.8 Å². The molecule has 0 fully saturated rings. The number of anilines is 1. The van der Waals surface area contributed by atoms with Crippen LogP contribution in [0.5, 0.6) is 5.88 Å². The van der Waals surface area contributed by atoms with Crippen LogP contribution in [0.2, 0.25) is 5.02 Å². The van der Waals surface area contributed by atoms with Crippen molar-refractivity contribution >= 4 is 51.8 Å². The van der Waals surface area contributed by atoms with E-state index in [0.29, 0.717) is 0 Å². The Morgan fingerprint density at radius 2 is 1.87 bits per heavy atom. The standard InChI is InChI=1S/C21H17ClFN3O5/c1-3-16(28)25-21(31)26-15-8-7-11(10(2)27)9-12(15)17(20(26)30)19(29)24-14-6-4-5-13(22)18(14)23/h4-9,30H,3H2,1-2H3,(H,24,29)(H,25,28,31). The number of ketones is 1. The molecule has 3 amide bonds. The van der Waals surface area contributed by atoms with Crippen LogP contribution < -0.4 is 10.6 Å². The van der Waals surface area contributed by atoms with E-state index in [0.717, 1.165) is 4.57 Å². The molecule has 1 aromatic heterocycles. The summed E-state index contributed by atoms with van der Waals surface area (Å²) >= 11 is 5.73. The van der Waals surface area contributed by atoms with E-state index < -0.39 is 29.5 Å². The third-order valence-electron chi connectivity index (χ3n) is 4.55. The van der Waals surface area contributed by atoms with E-state index in [1.54, 1.807) is 0 Å². The Bertz CT molecular complexity index is 1250. The topological polar surface area (TPSA) is 118 Å². The highest BCUT2D eigenvalue weighted by Crippen LogP contribution is 2.33. The van der Waals surface area contributed by atoms with Crippen molar-refractivity contribution in [3.63, 3.8) is 0 Å². The largest absolute Gasteiger partial charge is 0.494 e. The number of nitrogens with one attached hydrogen (secondary N) is 2. The van der Waals surface area contributed by atoms with Gasteiger partial charge in [-0.2, -0.15) is 0 Å². The lowest BCUT2D eigenvalue weighted by atomic mass is 10.1. The zero-order valence-corrected chi connectivity index (χ0v) is 17.2. The number of hydrogen-bond acceptors (Lipinski definition) is 5. The van der Waals surface area contributed by atoms with Crippen LogP contribution in [0.25, 0.3) is 10.9 Å². The van der Waals surface area contributed by atoms with Gasteiger partial charge in [0.15, 0.2) is 11.6 Å².